The Kier molecular flexibility index (Phi) is 8.21. The van der Waals surface area contributed by atoms with E-state index in [9.17, 15) is 14.0 Å². The van der Waals surface area contributed by atoms with Gasteiger partial charge in [0.05, 0.1) is 16.8 Å². The number of nitrogens with one attached hydrogen (secondary N) is 2. The third-order valence-corrected chi connectivity index (χ3v) is 3.96. The van der Waals surface area contributed by atoms with Crippen molar-refractivity contribution in [3.05, 3.63) is 88.7 Å². The first-order valence-corrected chi connectivity index (χ1v) is 8.93. The number of rotatable bonds is 6. The van der Waals surface area contributed by atoms with Gasteiger partial charge in [-0.1, -0.05) is 11.6 Å². The van der Waals surface area contributed by atoms with E-state index in [1.165, 1.54) is 30.3 Å². The van der Waals surface area contributed by atoms with Gasteiger partial charge in [-0.25, -0.2) is 14.7 Å². The van der Waals surface area contributed by atoms with Crippen molar-refractivity contribution in [2.24, 2.45) is 0 Å². The van der Waals surface area contributed by atoms with Gasteiger partial charge < -0.3 is 15.3 Å². The molecule has 7 nitrogen and oxygen atoms in total. The molecule has 0 heterocycles. The predicted octanol–water partition coefficient (Wildman–Crippen LogP) is 4.50. The van der Waals surface area contributed by atoms with Crippen LogP contribution in [-0.4, -0.2) is 21.2 Å². The van der Waals surface area contributed by atoms with E-state index >= 15 is 0 Å². The van der Waals surface area contributed by atoms with Crippen LogP contribution in [0, 0.1) is 5.82 Å². The van der Waals surface area contributed by atoms with Gasteiger partial charge in [0.2, 0.25) is 0 Å². The largest absolute Gasteiger partial charge is 0.478 e. The monoisotopic (exact) mass is 448 g/mol. The van der Waals surface area contributed by atoms with Gasteiger partial charge in [0, 0.05) is 16.8 Å². The van der Waals surface area contributed by atoms with E-state index < -0.39 is 17.7 Å². The second kappa shape index (κ2) is 10.8. The van der Waals surface area contributed by atoms with Crippen molar-refractivity contribution >= 4 is 47.4 Å². The molecule has 0 bridgehead atoms. The average molecular weight is 449 g/mol. The molecule has 3 aromatic carbocycles. The standard InChI is InChI=1S/C20H14ClFN2O4.OS/c21-13-3-8-16(9-4-13)28-24-18-11-14(22)5-10-17(18)19(25)23-15-6-1-12(2-7-15)20(26)27;1-2/h1-11,24H,(H,23,25)(H,26,27);. The van der Waals surface area contributed by atoms with Gasteiger partial charge in [-0.05, 0) is 60.7 Å². The third kappa shape index (κ3) is 6.23. The molecule has 0 fully saturated rings. The van der Waals surface area contributed by atoms with E-state index in [0.29, 0.717) is 16.5 Å². The molecular formula is C20H14ClFN2O5S. The molecule has 0 aromatic heterocycles. The van der Waals surface area contributed by atoms with Crippen LogP contribution < -0.4 is 15.6 Å². The minimum atomic E-state index is -1.07. The topological polar surface area (TPSA) is 105 Å². The summed E-state index contributed by atoms with van der Waals surface area (Å²) >= 11 is 8.64. The normalized spacial score (nSPS) is 9.67. The Morgan fingerprint density at radius 3 is 2.20 bits per heavy atom. The van der Waals surface area contributed by atoms with Crippen LogP contribution >= 0.6 is 11.6 Å². The van der Waals surface area contributed by atoms with Crippen molar-refractivity contribution in [1.29, 1.82) is 0 Å². The third-order valence-electron chi connectivity index (χ3n) is 3.71. The maximum atomic E-state index is 13.6. The second-order valence-electron chi connectivity index (χ2n) is 5.68. The van der Waals surface area contributed by atoms with Crippen molar-refractivity contribution in [2.45, 2.75) is 0 Å². The van der Waals surface area contributed by atoms with Gasteiger partial charge in [-0.2, -0.15) is 4.21 Å². The first-order chi connectivity index (χ1) is 14.4. The Morgan fingerprint density at radius 2 is 1.60 bits per heavy atom. The number of carbonyl (C=O) groups is 2. The van der Waals surface area contributed by atoms with Crippen molar-refractivity contribution in [3.63, 3.8) is 0 Å². The minimum Gasteiger partial charge on any atom is -0.478 e. The Bertz CT molecular complexity index is 1030. The van der Waals surface area contributed by atoms with Crippen LogP contribution in [0.3, 0.4) is 0 Å². The van der Waals surface area contributed by atoms with Crippen LogP contribution in [-0.2, 0) is 12.5 Å². The molecular weight excluding hydrogens is 435 g/mol. The van der Waals surface area contributed by atoms with E-state index in [2.05, 4.69) is 23.3 Å². The Balaban J connectivity index is 0.00000155. The van der Waals surface area contributed by atoms with Gasteiger partial charge in [0.15, 0.2) is 18.3 Å². The first kappa shape index (κ1) is 22.7. The van der Waals surface area contributed by atoms with Crippen molar-refractivity contribution < 1.29 is 28.1 Å². The molecule has 0 unspecified atom stereocenters. The van der Waals surface area contributed by atoms with Crippen LogP contribution in [0.1, 0.15) is 20.7 Å². The number of carboxylic acids is 1. The summed E-state index contributed by atoms with van der Waals surface area (Å²) in [6.07, 6.45) is 0. The minimum absolute atomic E-state index is 0.0958. The molecule has 0 radical (unpaired) electrons. The molecule has 0 aliphatic rings. The summed E-state index contributed by atoms with van der Waals surface area (Å²) in [5, 5.41) is 12.1. The molecule has 0 atom stereocenters. The van der Waals surface area contributed by atoms with Gasteiger partial charge >= 0.3 is 5.97 Å². The van der Waals surface area contributed by atoms with E-state index in [-0.39, 0.29) is 16.8 Å². The summed E-state index contributed by atoms with van der Waals surface area (Å²) in [6, 6.07) is 15.7. The number of halogens is 2. The van der Waals surface area contributed by atoms with E-state index in [0.717, 1.165) is 12.1 Å². The van der Waals surface area contributed by atoms with E-state index in [4.69, 9.17) is 25.8 Å². The van der Waals surface area contributed by atoms with Crippen LogP contribution in [0.2, 0.25) is 5.02 Å². The molecule has 10 heteroatoms. The number of amides is 1. The second-order valence-corrected chi connectivity index (χ2v) is 6.12. The van der Waals surface area contributed by atoms with Gasteiger partial charge in [-0.3, -0.25) is 4.79 Å². The smallest absolute Gasteiger partial charge is 0.335 e. The van der Waals surface area contributed by atoms with Crippen molar-refractivity contribution in [2.75, 3.05) is 10.8 Å². The summed E-state index contributed by atoms with van der Waals surface area (Å²) in [4.78, 5) is 28.8. The van der Waals surface area contributed by atoms with Gasteiger partial charge in [-0.15, -0.1) is 0 Å². The highest BCUT2D eigenvalue weighted by atomic mass is 35.5. The summed E-state index contributed by atoms with van der Waals surface area (Å²) in [5.74, 6) is -1.72. The Labute approximate surface area is 180 Å². The quantitative estimate of drug-likeness (QED) is 0.477. The zero-order valence-corrected chi connectivity index (χ0v) is 16.7. The molecule has 0 spiro atoms. The maximum absolute atomic E-state index is 13.6. The molecule has 30 heavy (non-hydrogen) atoms. The van der Waals surface area contributed by atoms with Crippen molar-refractivity contribution in [1.82, 2.24) is 0 Å². The maximum Gasteiger partial charge on any atom is 0.335 e. The van der Waals surface area contributed by atoms with Gasteiger partial charge in [0.25, 0.3) is 5.91 Å². The molecule has 154 valence electrons. The number of hydrogen-bond acceptors (Lipinski definition) is 6. The Hall–Kier alpha value is -3.56. The molecule has 1 amide bonds. The number of aromatic carboxylic acids is 1. The van der Waals surface area contributed by atoms with Crippen LogP contribution in [0.25, 0.3) is 0 Å². The van der Waals surface area contributed by atoms with Crippen LogP contribution in [0.4, 0.5) is 15.8 Å². The highest BCUT2D eigenvalue weighted by Gasteiger charge is 2.14. The summed E-state index contributed by atoms with van der Waals surface area (Å²) in [6.45, 7) is 0. The molecule has 0 saturated heterocycles. The lowest BCUT2D eigenvalue weighted by atomic mass is 10.1. The fraction of sp³-hybridized carbons (Fsp3) is 0. The van der Waals surface area contributed by atoms with Crippen LogP contribution in [0.5, 0.6) is 5.75 Å². The van der Waals surface area contributed by atoms with Crippen molar-refractivity contribution in [3.8, 4) is 5.75 Å². The highest BCUT2D eigenvalue weighted by molar-refractivity contribution is 7.44. The van der Waals surface area contributed by atoms with Gasteiger partial charge in [0.1, 0.15) is 5.82 Å². The van der Waals surface area contributed by atoms with E-state index in [1.54, 1.807) is 24.3 Å². The van der Waals surface area contributed by atoms with E-state index in [1.807, 2.05) is 0 Å². The zero-order valence-electron chi connectivity index (χ0n) is 15.1. The number of carboxylic acid groups (broad SMARTS) is 1. The fourth-order valence-corrected chi connectivity index (χ4v) is 2.44. The molecule has 0 saturated carbocycles. The lowest BCUT2D eigenvalue weighted by molar-refractivity contribution is 0.0696. The molecule has 0 aliphatic heterocycles. The number of benzene rings is 3. The zero-order chi connectivity index (χ0) is 22.1. The fourth-order valence-electron chi connectivity index (χ4n) is 2.31. The number of anilines is 2. The first-order valence-electron chi connectivity index (χ1n) is 8.22. The van der Waals surface area contributed by atoms with Crippen LogP contribution in [0.15, 0.2) is 66.7 Å². The summed E-state index contributed by atoms with van der Waals surface area (Å²) in [7, 11) is 0. The summed E-state index contributed by atoms with van der Waals surface area (Å²) < 4.78 is 21.5. The molecule has 3 rings (SSSR count). The number of carbonyl (C=O) groups excluding carboxylic acids is 1. The number of hydrogen-bond donors (Lipinski definition) is 3. The molecule has 0 aliphatic carbocycles. The average Bonchev–Trinajstić information content (AvgIpc) is 2.75. The lowest BCUT2D eigenvalue weighted by Gasteiger charge is -2.13. The summed E-state index contributed by atoms with van der Waals surface area (Å²) in [5.41, 5.74) is 3.30. The Morgan fingerprint density at radius 1 is 0.967 bits per heavy atom. The SMILES string of the molecule is O=C(O)c1ccc(NC(=O)c2ccc(F)cc2NOc2ccc(Cl)cc2)cc1.O=S. The molecule has 3 N–H and O–H groups in total. The molecule has 3 aromatic rings. The lowest BCUT2D eigenvalue weighted by Crippen LogP contribution is -2.16. The highest BCUT2D eigenvalue weighted by Crippen LogP contribution is 2.22. The predicted molar refractivity (Wildman–Crippen MR) is 112 cm³/mol.